The van der Waals surface area contributed by atoms with Gasteiger partial charge < -0.3 is 10.3 Å². The molecule has 112 valence electrons. The molecule has 2 fully saturated rings. The van der Waals surface area contributed by atoms with E-state index in [1.165, 1.54) is 12.8 Å². The molecule has 2 aliphatic carbocycles. The monoisotopic (exact) mass is 297 g/mol. The van der Waals surface area contributed by atoms with Crippen molar-refractivity contribution < 1.29 is 8.42 Å². The predicted octanol–water partition coefficient (Wildman–Crippen LogP) is 1.53. The average Bonchev–Trinajstić information content (AvgIpc) is 3.33. The van der Waals surface area contributed by atoms with Gasteiger partial charge in [0.15, 0.2) is 0 Å². The van der Waals surface area contributed by atoms with Crippen LogP contribution in [0, 0.1) is 5.92 Å². The Kier molecular flexibility index (Phi) is 3.64. The Morgan fingerprint density at radius 1 is 1.35 bits per heavy atom. The van der Waals surface area contributed by atoms with Gasteiger partial charge in [-0.3, -0.25) is 0 Å². The summed E-state index contributed by atoms with van der Waals surface area (Å²) >= 11 is 0. The lowest BCUT2D eigenvalue weighted by atomic mass is 10.4. The summed E-state index contributed by atoms with van der Waals surface area (Å²) in [6.07, 6.45) is 6.08. The first-order chi connectivity index (χ1) is 9.56. The minimum atomic E-state index is -3.36. The second kappa shape index (κ2) is 5.16. The molecule has 0 bridgehead atoms. The van der Waals surface area contributed by atoms with Gasteiger partial charge in [-0.05, 0) is 44.6 Å². The Bertz CT molecular complexity index is 564. The van der Waals surface area contributed by atoms with E-state index in [4.69, 9.17) is 5.73 Å². The molecule has 0 spiro atoms. The Labute approximate surface area is 120 Å². The molecule has 2 aliphatic rings. The van der Waals surface area contributed by atoms with Crippen molar-refractivity contribution in [3.05, 3.63) is 18.0 Å². The first-order valence-corrected chi connectivity index (χ1v) is 8.91. The summed E-state index contributed by atoms with van der Waals surface area (Å²) in [4.78, 5) is 0.410. The summed E-state index contributed by atoms with van der Waals surface area (Å²) in [6.45, 7) is 3.81. The molecule has 5 nitrogen and oxygen atoms in total. The zero-order valence-corrected chi connectivity index (χ0v) is 12.8. The van der Waals surface area contributed by atoms with Gasteiger partial charge in [0, 0.05) is 37.6 Å². The van der Waals surface area contributed by atoms with Crippen molar-refractivity contribution in [1.82, 2.24) is 8.87 Å². The van der Waals surface area contributed by atoms with Gasteiger partial charge in [0.1, 0.15) is 4.90 Å². The van der Waals surface area contributed by atoms with Gasteiger partial charge >= 0.3 is 0 Å². The number of nitrogens with zero attached hydrogens (tertiary/aromatic N) is 2. The molecular weight excluding hydrogens is 274 g/mol. The number of hydrogen-bond donors (Lipinski definition) is 1. The van der Waals surface area contributed by atoms with E-state index in [0.717, 1.165) is 25.1 Å². The Balaban J connectivity index is 1.90. The van der Waals surface area contributed by atoms with Gasteiger partial charge in [0.05, 0.1) is 0 Å². The minimum Gasteiger partial charge on any atom is -0.349 e. The molecule has 20 heavy (non-hydrogen) atoms. The Morgan fingerprint density at radius 3 is 2.50 bits per heavy atom. The first-order valence-electron chi connectivity index (χ1n) is 7.47. The number of sulfonamides is 1. The van der Waals surface area contributed by atoms with Crippen LogP contribution in [0.5, 0.6) is 0 Å². The van der Waals surface area contributed by atoms with Crippen molar-refractivity contribution in [2.75, 3.05) is 6.54 Å². The van der Waals surface area contributed by atoms with E-state index in [1.807, 2.05) is 11.5 Å². The largest absolute Gasteiger partial charge is 0.349 e. The van der Waals surface area contributed by atoms with Crippen LogP contribution in [-0.4, -0.2) is 29.9 Å². The second-order valence-corrected chi connectivity index (χ2v) is 7.80. The van der Waals surface area contributed by atoms with E-state index < -0.39 is 10.0 Å². The highest BCUT2D eigenvalue weighted by atomic mass is 32.2. The maximum atomic E-state index is 12.8. The molecule has 6 heteroatoms. The highest BCUT2D eigenvalue weighted by Gasteiger charge is 2.41. The van der Waals surface area contributed by atoms with Crippen LogP contribution in [0.3, 0.4) is 0 Å². The lowest BCUT2D eigenvalue weighted by Gasteiger charge is -2.21. The van der Waals surface area contributed by atoms with E-state index in [9.17, 15) is 8.42 Å². The molecule has 0 radical (unpaired) electrons. The van der Waals surface area contributed by atoms with E-state index in [2.05, 4.69) is 0 Å². The quantitative estimate of drug-likeness (QED) is 0.830. The van der Waals surface area contributed by atoms with Crippen molar-refractivity contribution in [2.24, 2.45) is 11.7 Å². The maximum Gasteiger partial charge on any atom is 0.244 e. The molecule has 2 N–H and O–H groups in total. The molecule has 0 amide bonds. The summed E-state index contributed by atoms with van der Waals surface area (Å²) in [5.41, 5.74) is 6.58. The summed E-state index contributed by atoms with van der Waals surface area (Å²) < 4.78 is 29.4. The van der Waals surface area contributed by atoms with Crippen LogP contribution in [0.2, 0.25) is 0 Å². The SMILES string of the molecule is CCn1cc(S(=O)(=O)N(CC2CC2)C2CC2)cc1CN. The number of aryl methyl sites for hydroxylation is 1. The molecule has 1 aromatic heterocycles. The zero-order chi connectivity index (χ0) is 14.3. The number of hydrogen-bond acceptors (Lipinski definition) is 3. The lowest BCUT2D eigenvalue weighted by molar-refractivity contribution is 0.388. The highest BCUT2D eigenvalue weighted by Crippen LogP contribution is 2.38. The Hall–Kier alpha value is -0.850. The third-order valence-corrected chi connectivity index (χ3v) is 6.09. The molecule has 2 saturated carbocycles. The molecular formula is C14H23N3O2S. The third-order valence-electron chi connectivity index (χ3n) is 4.21. The molecule has 3 rings (SSSR count). The van der Waals surface area contributed by atoms with E-state index in [-0.39, 0.29) is 6.04 Å². The summed E-state index contributed by atoms with van der Waals surface area (Å²) in [7, 11) is -3.36. The number of rotatable bonds is 7. The molecule has 0 aromatic carbocycles. The van der Waals surface area contributed by atoms with Crippen LogP contribution in [0.25, 0.3) is 0 Å². The highest BCUT2D eigenvalue weighted by molar-refractivity contribution is 7.89. The van der Waals surface area contributed by atoms with Crippen LogP contribution in [0.15, 0.2) is 17.2 Å². The molecule has 1 heterocycles. The van der Waals surface area contributed by atoms with Crippen LogP contribution < -0.4 is 5.73 Å². The van der Waals surface area contributed by atoms with Crippen LogP contribution in [0.4, 0.5) is 0 Å². The second-order valence-electron chi connectivity index (χ2n) is 5.91. The fourth-order valence-corrected chi connectivity index (χ4v) is 4.46. The van der Waals surface area contributed by atoms with Gasteiger partial charge in [-0.15, -0.1) is 0 Å². The normalized spacial score (nSPS) is 19.8. The number of nitrogens with two attached hydrogens (primary N) is 1. The van der Waals surface area contributed by atoms with E-state index in [1.54, 1.807) is 16.6 Å². The molecule has 0 atom stereocenters. The van der Waals surface area contributed by atoms with Crippen LogP contribution in [0.1, 0.15) is 38.3 Å². The zero-order valence-electron chi connectivity index (χ0n) is 12.0. The standard InChI is InChI=1S/C14H23N3O2S/c1-2-16-10-14(7-13(16)8-15)20(18,19)17(12-5-6-12)9-11-3-4-11/h7,10-12H,2-6,8-9,15H2,1H3. The van der Waals surface area contributed by atoms with Gasteiger partial charge in [-0.1, -0.05) is 0 Å². The smallest absolute Gasteiger partial charge is 0.244 e. The summed E-state index contributed by atoms with van der Waals surface area (Å²) in [6, 6.07) is 1.97. The molecule has 0 aliphatic heterocycles. The van der Waals surface area contributed by atoms with Gasteiger partial charge in [0.2, 0.25) is 10.0 Å². The first kappa shape index (κ1) is 14.1. The summed E-state index contributed by atoms with van der Waals surface area (Å²) in [5.74, 6) is 0.576. The van der Waals surface area contributed by atoms with Crippen molar-refractivity contribution in [1.29, 1.82) is 0 Å². The van der Waals surface area contributed by atoms with Crippen LogP contribution in [-0.2, 0) is 23.1 Å². The third kappa shape index (κ3) is 2.64. The van der Waals surface area contributed by atoms with Gasteiger partial charge in [-0.2, -0.15) is 4.31 Å². The molecule has 1 aromatic rings. The molecule has 0 unspecified atom stereocenters. The fourth-order valence-electron chi connectivity index (χ4n) is 2.63. The van der Waals surface area contributed by atoms with Gasteiger partial charge in [-0.25, -0.2) is 8.42 Å². The minimum absolute atomic E-state index is 0.229. The predicted molar refractivity (Wildman–Crippen MR) is 77.6 cm³/mol. The van der Waals surface area contributed by atoms with Crippen molar-refractivity contribution in [3.63, 3.8) is 0 Å². The van der Waals surface area contributed by atoms with Crippen molar-refractivity contribution in [3.8, 4) is 0 Å². The van der Waals surface area contributed by atoms with E-state index >= 15 is 0 Å². The molecule has 0 saturated heterocycles. The Morgan fingerprint density at radius 2 is 2.05 bits per heavy atom. The lowest BCUT2D eigenvalue weighted by Crippen LogP contribution is -2.34. The van der Waals surface area contributed by atoms with Crippen molar-refractivity contribution >= 4 is 10.0 Å². The van der Waals surface area contributed by atoms with Crippen molar-refractivity contribution in [2.45, 2.75) is 56.6 Å². The topological polar surface area (TPSA) is 68.3 Å². The van der Waals surface area contributed by atoms with Crippen LogP contribution >= 0.6 is 0 Å². The average molecular weight is 297 g/mol. The number of aromatic nitrogens is 1. The fraction of sp³-hybridized carbons (Fsp3) is 0.714. The maximum absolute atomic E-state index is 12.8. The van der Waals surface area contributed by atoms with Gasteiger partial charge in [0.25, 0.3) is 0 Å². The van der Waals surface area contributed by atoms with E-state index in [0.29, 0.717) is 23.9 Å². The summed E-state index contributed by atoms with van der Waals surface area (Å²) in [5, 5.41) is 0.